The van der Waals surface area contributed by atoms with Crippen LogP contribution in [0.3, 0.4) is 0 Å². The molecule has 0 aliphatic carbocycles. The van der Waals surface area contributed by atoms with Crippen molar-refractivity contribution in [2.45, 2.75) is 0 Å². The summed E-state index contributed by atoms with van der Waals surface area (Å²) in [6.07, 6.45) is 5.65. The minimum absolute atomic E-state index is 0.961. The average molecular weight is 334 g/mol. The Balaban J connectivity index is 1.57. The second-order valence-electron chi connectivity index (χ2n) is 6.59. The second-order valence-corrected chi connectivity index (χ2v) is 6.59. The Hall–Kier alpha value is -3.66. The average Bonchev–Trinajstić information content (AvgIpc) is 3.24. The number of H-pyrrole nitrogens is 2. The molecule has 0 aliphatic heterocycles. The maximum atomic E-state index is 4.71. The number of benzene rings is 2. The Kier molecular flexibility index (Phi) is 2.58. The van der Waals surface area contributed by atoms with Crippen molar-refractivity contribution in [3.63, 3.8) is 0 Å². The number of nitrogens with zero attached hydrogens (tertiary/aromatic N) is 2. The lowest BCUT2D eigenvalue weighted by molar-refractivity contribution is 1.34. The van der Waals surface area contributed by atoms with Gasteiger partial charge in [-0.3, -0.25) is 9.97 Å². The Morgan fingerprint density at radius 2 is 1.42 bits per heavy atom. The molecule has 0 atom stereocenters. The number of nitrogens with one attached hydrogen (secondary N) is 2. The number of pyridine rings is 2. The van der Waals surface area contributed by atoms with Gasteiger partial charge in [0.1, 0.15) is 0 Å². The van der Waals surface area contributed by atoms with E-state index in [0.717, 1.165) is 38.7 Å². The Morgan fingerprint density at radius 3 is 2.42 bits per heavy atom. The van der Waals surface area contributed by atoms with Crippen LogP contribution < -0.4 is 0 Å². The number of hydrogen-bond donors (Lipinski definition) is 2. The fourth-order valence-corrected chi connectivity index (χ4v) is 3.82. The highest BCUT2D eigenvalue weighted by molar-refractivity contribution is 6.09. The molecule has 2 aromatic carbocycles. The Bertz CT molecular complexity index is 1330. The van der Waals surface area contributed by atoms with Crippen LogP contribution in [0.15, 0.2) is 73.2 Å². The van der Waals surface area contributed by atoms with Crippen LogP contribution in [0.25, 0.3) is 54.9 Å². The van der Waals surface area contributed by atoms with Gasteiger partial charge in [0.25, 0.3) is 0 Å². The number of para-hydroxylation sites is 1. The van der Waals surface area contributed by atoms with E-state index in [1.165, 1.54) is 16.2 Å². The van der Waals surface area contributed by atoms with Gasteiger partial charge in [-0.25, -0.2) is 0 Å². The van der Waals surface area contributed by atoms with E-state index in [4.69, 9.17) is 4.98 Å². The van der Waals surface area contributed by atoms with Crippen LogP contribution in [0.5, 0.6) is 0 Å². The first-order valence-electron chi connectivity index (χ1n) is 8.59. The maximum absolute atomic E-state index is 4.71. The Labute approximate surface area is 148 Å². The molecule has 0 fully saturated rings. The maximum Gasteiger partial charge on any atom is 0.0723 e. The van der Waals surface area contributed by atoms with Gasteiger partial charge < -0.3 is 9.97 Å². The molecule has 6 aromatic rings. The molecule has 4 heteroatoms. The summed E-state index contributed by atoms with van der Waals surface area (Å²) in [5.41, 5.74) is 6.46. The highest BCUT2D eigenvalue weighted by Crippen LogP contribution is 2.31. The molecule has 0 radical (unpaired) electrons. The minimum atomic E-state index is 0.961. The van der Waals surface area contributed by atoms with E-state index in [9.17, 15) is 0 Å². The molecule has 0 aliphatic rings. The first-order chi connectivity index (χ1) is 12.9. The molecule has 122 valence electrons. The van der Waals surface area contributed by atoms with Crippen LogP contribution >= 0.6 is 0 Å². The monoisotopic (exact) mass is 334 g/mol. The summed E-state index contributed by atoms with van der Waals surface area (Å²) in [4.78, 5) is 15.8. The van der Waals surface area contributed by atoms with Crippen LogP contribution in [0.4, 0.5) is 0 Å². The zero-order valence-corrected chi connectivity index (χ0v) is 13.8. The number of rotatable bonds is 1. The van der Waals surface area contributed by atoms with Crippen LogP contribution in [0.1, 0.15) is 0 Å². The molecule has 2 N–H and O–H groups in total. The molecular weight excluding hydrogens is 320 g/mol. The van der Waals surface area contributed by atoms with Gasteiger partial charge >= 0.3 is 0 Å². The summed E-state index contributed by atoms with van der Waals surface area (Å²) < 4.78 is 0. The zero-order valence-electron chi connectivity index (χ0n) is 13.8. The molecule has 6 rings (SSSR count). The first kappa shape index (κ1) is 13.6. The molecule has 4 aromatic heterocycles. The van der Waals surface area contributed by atoms with Crippen molar-refractivity contribution in [1.29, 1.82) is 0 Å². The third kappa shape index (κ3) is 1.84. The summed E-state index contributed by atoms with van der Waals surface area (Å²) in [5, 5.41) is 4.76. The molecule has 0 saturated carbocycles. The van der Waals surface area contributed by atoms with Gasteiger partial charge in [0.15, 0.2) is 0 Å². The molecule has 0 spiro atoms. The molecular formula is C22H14N4. The molecule has 0 saturated heterocycles. The number of aromatic amines is 2. The fraction of sp³-hybridized carbons (Fsp3) is 0. The number of hydrogen-bond acceptors (Lipinski definition) is 2. The van der Waals surface area contributed by atoms with Crippen molar-refractivity contribution in [3.8, 4) is 11.3 Å². The summed E-state index contributed by atoms with van der Waals surface area (Å²) >= 11 is 0. The third-order valence-electron chi connectivity index (χ3n) is 5.09. The largest absolute Gasteiger partial charge is 0.354 e. The third-order valence-corrected chi connectivity index (χ3v) is 5.09. The lowest BCUT2D eigenvalue weighted by Crippen LogP contribution is -1.83. The lowest BCUT2D eigenvalue weighted by atomic mass is 10.1. The normalized spacial score (nSPS) is 11.8. The minimum Gasteiger partial charge on any atom is -0.354 e. The summed E-state index contributed by atoms with van der Waals surface area (Å²) in [6, 6.07) is 18.9. The van der Waals surface area contributed by atoms with E-state index >= 15 is 0 Å². The summed E-state index contributed by atoms with van der Waals surface area (Å²) in [6.45, 7) is 0. The van der Waals surface area contributed by atoms with Crippen molar-refractivity contribution in [2.24, 2.45) is 0 Å². The molecule has 4 heterocycles. The van der Waals surface area contributed by atoms with Gasteiger partial charge in [-0.2, -0.15) is 0 Å². The topological polar surface area (TPSA) is 57.4 Å². The van der Waals surface area contributed by atoms with Gasteiger partial charge in [0.05, 0.1) is 22.9 Å². The Morgan fingerprint density at radius 1 is 0.615 bits per heavy atom. The molecule has 4 nitrogen and oxygen atoms in total. The first-order valence-corrected chi connectivity index (χ1v) is 8.59. The predicted octanol–water partition coefficient (Wildman–Crippen LogP) is 5.41. The smallest absolute Gasteiger partial charge is 0.0723 e. The molecule has 0 unspecified atom stereocenters. The molecule has 26 heavy (non-hydrogen) atoms. The van der Waals surface area contributed by atoms with E-state index < -0.39 is 0 Å². The van der Waals surface area contributed by atoms with Crippen LogP contribution in [0, 0.1) is 0 Å². The molecule has 0 bridgehead atoms. The SMILES string of the molecule is c1ccc2c(c1)[nH]c1cc(-c3ccc4c(c3)[nH]c3cnccc34)ncc12. The van der Waals surface area contributed by atoms with Gasteiger partial charge in [0.2, 0.25) is 0 Å². The van der Waals surface area contributed by atoms with E-state index in [2.05, 4.69) is 57.4 Å². The van der Waals surface area contributed by atoms with Gasteiger partial charge in [0, 0.05) is 50.5 Å². The van der Waals surface area contributed by atoms with Crippen molar-refractivity contribution >= 4 is 43.6 Å². The standard InChI is InChI=1S/C22H14N4/c1-2-4-18-14(3-1)17-11-24-19(10-21(17)25-18)13-5-6-15-16-7-8-23-12-22(16)26-20(15)9-13/h1-12,25-26H. The predicted molar refractivity (Wildman–Crippen MR) is 106 cm³/mol. The van der Waals surface area contributed by atoms with E-state index in [0.29, 0.717) is 0 Å². The lowest BCUT2D eigenvalue weighted by Gasteiger charge is -2.02. The number of aromatic nitrogens is 4. The van der Waals surface area contributed by atoms with Crippen LogP contribution in [0.2, 0.25) is 0 Å². The van der Waals surface area contributed by atoms with Crippen LogP contribution in [-0.4, -0.2) is 19.9 Å². The molecule has 0 amide bonds. The van der Waals surface area contributed by atoms with Crippen molar-refractivity contribution in [2.75, 3.05) is 0 Å². The highest BCUT2D eigenvalue weighted by Gasteiger charge is 2.09. The highest BCUT2D eigenvalue weighted by atomic mass is 14.8. The van der Waals surface area contributed by atoms with Crippen LogP contribution in [-0.2, 0) is 0 Å². The second kappa shape index (κ2) is 4.92. The van der Waals surface area contributed by atoms with Gasteiger partial charge in [-0.1, -0.05) is 30.3 Å². The van der Waals surface area contributed by atoms with E-state index in [-0.39, 0.29) is 0 Å². The quantitative estimate of drug-likeness (QED) is 0.422. The van der Waals surface area contributed by atoms with Crippen molar-refractivity contribution in [1.82, 2.24) is 19.9 Å². The fourth-order valence-electron chi connectivity index (χ4n) is 3.82. The van der Waals surface area contributed by atoms with Crippen molar-refractivity contribution in [3.05, 3.63) is 73.2 Å². The van der Waals surface area contributed by atoms with Gasteiger partial charge in [-0.15, -0.1) is 0 Å². The van der Waals surface area contributed by atoms with E-state index in [1.54, 1.807) is 0 Å². The van der Waals surface area contributed by atoms with Gasteiger partial charge in [-0.05, 0) is 24.3 Å². The van der Waals surface area contributed by atoms with Crippen molar-refractivity contribution < 1.29 is 0 Å². The van der Waals surface area contributed by atoms with E-state index in [1.807, 2.05) is 30.7 Å². The summed E-state index contributed by atoms with van der Waals surface area (Å²) in [5.74, 6) is 0. The summed E-state index contributed by atoms with van der Waals surface area (Å²) in [7, 11) is 0. The zero-order chi connectivity index (χ0) is 17.1. The number of fused-ring (bicyclic) bond motifs is 6.